The molecule has 0 spiro atoms. The van der Waals surface area contributed by atoms with E-state index in [-0.39, 0.29) is 5.91 Å². The highest BCUT2D eigenvalue weighted by Gasteiger charge is 2.31. The van der Waals surface area contributed by atoms with E-state index in [1.54, 1.807) is 24.4 Å². The summed E-state index contributed by atoms with van der Waals surface area (Å²) in [6.45, 7) is 2.42. The Kier molecular flexibility index (Phi) is 4.97. The zero-order valence-electron chi connectivity index (χ0n) is 13.4. The van der Waals surface area contributed by atoms with E-state index in [1.807, 2.05) is 43.3 Å². The number of carbonyl (C=O) groups excluding carboxylic acids is 1. The van der Waals surface area contributed by atoms with Crippen molar-refractivity contribution < 1.29 is 9.53 Å². The van der Waals surface area contributed by atoms with Gasteiger partial charge in [0.1, 0.15) is 10.1 Å². The highest BCUT2D eigenvalue weighted by molar-refractivity contribution is 8.26. The lowest BCUT2D eigenvalue weighted by molar-refractivity contribution is -0.122. The highest BCUT2D eigenvalue weighted by atomic mass is 32.2. The molecular weight excluding hydrogens is 340 g/mol. The lowest BCUT2D eigenvalue weighted by Crippen LogP contribution is -2.27. The molecule has 4 nitrogen and oxygen atoms in total. The third kappa shape index (κ3) is 3.49. The van der Waals surface area contributed by atoms with Crippen LogP contribution in [0, 0.1) is 6.92 Å². The van der Waals surface area contributed by atoms with Crippen LogP contribution in [0.5, 0.6) is 5.75 Å². The minimum Gasteiger partial charge on any atom is -0.496 e. The lowest BCUT2D eigenvalue weighted by atomic mass is 10.1. The largest absolute Gasteiger partial charge is 0.496 e. The molecule has 0 radical (unpaired) electrons. The second kappa shape index (κ2) is 7.15. The Balaban J connectivity index is 1.82. The Morgan fingerprint density at radius 1 is 1.38 bits per heavy atom. The van der Waals surface area contributed by atoms with E-state index in [9.17, 15) is 4.79 Å². The van der Waals surface area contributed by atoms with Gasteiger partial charge in [-0.25, -0.2) is 0 Å². The molecule has 1 saturated heterocycles. The number of carbonyl (C=O) groups is 1. The molecule has 0 unspecified atom stereocenters. The molecule has 1 amide bonds. The van der Waals surface area contributed by atoms with Crippen LogP contribution >= 0.6 is 24.0 Å². The van der Waals surface area contributed by atoms with Crippen molar-refractivity contribution in [2.45, 2.75) is 13.5 Å². The average Bonchev–Trinajstić information content (AvgIpc) is 2.84. The number of pyridine rings is 1. The van der Waals surface area contributed by atoms with Crippen LogP contribution in [0.15, 0.2) is 47.6 Å². The topological polar surface area (TPSA) is 42.4 Å². The zero-order valence-corrected chi connectivity index (χ0v) is 15.0. The van der Waals surface area contributed by atoms with Gasteiger partial charge in [0.15, 0.2) is 0 Å². The third-order valence-electron chi connectivity index (χ3n) is 3.65. The highest BCUT2D eigenvalue weighted by Crippen LogP contribution is 2.34. The number of methoxy groups -OCH3 is 1. The van der Waals surface area contributed by atoms with Gasteiger partial charge in [0, 0.05) is 12.4 Å². The molecule has 1 aromatic carbocycles. The fourth-order valence-electron chi connectivity index (χ4n) is 2.45. The molecule has 1 aliphatic heterocycles. The number of nitrogens with zero attached hydrogens (tertiary/aromatic N) is 2. The summed E-state index contributed by atoms with van der Waals surface area (Å²) in [5.41, 5.74) is 2.93. The number of thioether (sulfide) groups is 1. The van der Waals surface area contributed by atoms with Crippen molar-refractivity contribution in [2.24, 2.45) is 0 Å². The fraction of sp³-hybridized carbons (Fsp3) is 0.167. The van der Waals surface area contributed by atoms with E-state index >= 15 is 0 Å². The number of hydrogen-bond donors (Lipinski definition) is 0. The molecule has 2 aromatic rings. The first-order valence-electron chi connectivity index (χ1n) is 7.37. The predicted octanol–water partition coefficient (Wildman–Crippen LogP) is 3.80. The summed E-state index contributed by atoms with van der Waals surface area (Å²) in [7, 11) is 1.64. The van der Waals surface area contributed by atoms with Gasteiger partial charge < -0.3 is 4.74 Å². The van der Waals surface area contributed by atoms with Gasteiger partial charge in [0.05, 0.1) is 18.6 Å². The minimum absolute atomic E-state index is 0.0673. The maximum Gasteiger partial charge on any atom is 0.266 e. The van der Waals surface area contributed by atoms with Crippen LogP contribution in [0.4, 0.5) is 0 Å². The first-order chi connectivity index (χ1) is 11.6. The van der Waals surface area contributed by atoms with Gasteiger partial charge >= 0.3 is 0 Å². The molecule has 122 valence electrons. The fourth-order valence-corrected chi connectivity index (χ4v) is 3.71. The molecule has 0 saturated carbocycles. The van der Waals surface area contributed by atoms with Gasteiger partial charge in [-0.05, 0) is 47.9 Å². The van der Waals surface area contributed by atoms with E-state index in [2.05, 4.69) is 4.98 Å². The number of aryl methyl sites for hydroxylation is 1. The van der Waals surface area contributed by atoms with E-state index in [0.29, 0.717) is 15.8 Å². The smallest absolute Gasteiger partial charge is 0.266 e. The van der Waals surface area contributed by atoms with Crippen LogP contribution in [0.25, 0.3) is 6.08 Å². The Labute approximate surface area is 150 Å². The summed E-state index contributed by atoms with van der Waals surface area (Å²) < 4.78 is 5.83. The van der Waals surface area contributed by atoms with Gasteiger partial charge in [0.2, 0.25) is 0 Å². The molecule has 0 N–H and O–H groups in total. The van der Waals surface area contributed by atoms with Crippen molar-refractivity contribution in [3.05, 3.63) is 64.3 Å². The minimum atomic E-state index is -0.0673. The summed E-state index contributed by atoms with van der Waals surface area (Å²) in [4.78, 5) is 19.0. The van der Waals surface area contributed by atoms with Crippen molar-refractivity contribution >= 4 is 40.3 Å². The first kappa shape index (κ1) is 16.7. The van der Waals surface area contributed by atoms with Crippen molar-refractivity contribution in [1.29, 1.82) is 0 Å². The molecule has 2 heterocycles. The molecule has 0 atom stereocenters. The summed E-state index contributed by atoms with van der Waals surface area (Å²) in [6, 6.07) is 9.61. The van der Waals surface area contributed by atoms with Crippen LogP contribution < -0.4 is 4.74 Å². The van der Waals surface area contributed by atoms with Gasteiger partial charge in [-0.1, -0.05) is 36.1 Å². The first-order valence-corrected chi connectivity index (χ1v) is 8.60. The number of hydrogen-bond acceptors (Lipinski definition) is 5. The molecule has 1 aromatic heterocycles. The van der Waals surface area contributed by atoms with E-state index in [0.717, 1.165) is 22.4 Å². The second-order valence-electron chi connectivity index (χ2n) is 5.36. The normalized spacial score (nSPS) is 16.1. The van der Waals surface area contributed by atoms with Crippen molar-refractivity contribution in [2.75, 3.05) is 7.11 Å². The summed E-state index contributed by atoms with van der Waals surface area (Å²) in [6.07, 6.45) is 5.32. The SMILES string of the molecule is COc1ccc(/C=C2\SC(=S)N(Cc3cccnc3)C2=O)cc1C. The Morgan fingerprint density at radius 3 is 2.88 bits per heavy atom. The van der Waals surface area contributed by atoms with Gasteiger partial charge in [-0.15, -0.1) is 0 Å². The molecular formula is C18H16N2O2S2. The van der Waals surface area contributed by atoms with E-state index in [1.165, 1.54) is 11.8 Å². The predicted molar refractivity (Wildman–Crippen MR) is 101 cm³/mol. The summed E-state index contributed by atoms with van der Waals surface area (Å²) in [5, 5.41) is 0. The molecule has 24 heavy (non-hydrogen) atoms. The number of ether oxygens (including phenoxy) is 1. The average molecular weight is 356 g/mol. The number of amides is 1. The standard InChI is InChI=1S/C18H16N2O2S2/c1-12-8-13(5-6-15(12)22-2)9-16-17(21)20(18(23)24-16)11-14-4-3-7-19-10-14/h3-10H,11H2,1-2H3/b16-9-. The molecule has 3 rings (SSSR count). The van der Waals surface area contributed by atoms with E-state index in [4.69, 9.17) is 17.0 Å². The van der Waals surface area contributed by atoms with Crippen LogP contribution in [0.3, 0.4) is 0 Å². The second-order valence-corrected chi connectivity index (χ2v) is 7.03. The molecule has 0 aliphatic carbocycles. The van der Waals surface area contributed by atoms with Gasteiger partial charge in [0.25, 0.3) is 5.91 Å². The summed E-state index contributed by atoms with van der Waals surface area (Å²) in [5.74, 6) is 0.763. The van der Waals surface area contributed by atoms with Gasteiger partial charge in [-0.2, -0.15) is 0 Å². The van der Waals surface area contributed by atoms with Crippen molar-refractivity contribution in [3.63, 3.8) is 0 Å². The van der Waals surface area contributed by atoms with Crippen molar-refractivity contribution in [1.82, 2.24) is 9.88 Å². The lowest BCUT2D eigenvalue weighted by Gasteiger charge is -2.13. The van der Waals surface area contributed by atoms with Gasteiger partial charge in [-0.3, -0.25) is 14.7 Å². The monoisotopic (exact) mass is 356 g/mol. The Bertz CT molecular complexity index is 819. The zero-order chi connectivity index (χ0) is 17.1. The Hall–Kier alpha value is -2.18. The summed E-state index contributed by atoms with van der Waals surface area (Å²) >= 11 is 6.69. The number of aromatic nitrogens is 1. The van der Waals surface area contributed by atoms with Crippen LogP contribution in [-0.2, 0) is 11.3 Å². The molecule has 0 bridgehead atoms. The number of benzene rings is 1. The number of rotatable bonds is 4. The van der Waals surface area contributed by atoms with Crippen LogP contribution in [-0.4, -0.2) is 27.2 Å². The maximum absolute atomic E-state index is 12.6. The Morgan fingerprint density at radius 2 is 2.21 bits per heavy atom. The molecule has 6 heteroatoms. The van der Waals surface area contributed by atoms with Crippen LogP contribution in [0.1, 0.15) is 16.7 Å². The van der Waals surface area contributed by atoms with Crippen LogP contribution in [0.2, 0.25) is 0 Å². The van der Waals surface area contributed by atoms with Crippen molar-refractivity contribution in [3.8, 4) is 5.75 Å². The maximum atomic E-state index is 12.6. The quantitative estimate of drug-likeness (QED) is 0.616. The van der Waals surface area contributed by atoms with E-state index < -0.39 is 0 Å². The molecule has 1 fully saturated rings. The third-order valence-corrected chi connectivity index (χ3v) is 5.03. The molecule has 1 aliphatic rings. The number of thiocarbonyl (C=S) groups is 1.